The van der Waals surface area contributed by atoms with Gasteiger partial charge in [0.25, 0.3) is 0 Å². The van der Waals surface area contributed by atoms with Crippen LogP contribution >= 0.6 is 0 Å². The summed E-state index contributed by atoms with van der Waals surface area (Å²) in [6, 6.07) is 0. The molecule has 7 heteroatoms. The average Bonchev–Trinajstić information content (AvgIpc) is 2.74. The van der Waals surface area contributed by atoms with Gasteiger partial charge in [-0.25, -0.2) is 0 Å². The van der Waals surface area contributed by atoms with Crippen LogP contribution in [0.2, 0.25) is 0 Å². The van der Waals surface area contributed by atoms with Gasteiger partial charge in [-0.3, -0.25) is 9.42 Å². The van der Waals surface area contributed by atoms with E-state index in [1.165, 1.54) is 4.68 Å². The fourth-order valence-corrected chi connectivity index (χ4v) is 2.22. The van der Waals surface area contributed by atoms with Gasteiger partial charge in [0.05, 0.1) is 24.9 Å². The van der Waals surface area contributed by atoms with Crippen LogP contribution in [0.3, 0.4) is 0 Å². The molecule has 0 spiro atoms. The van der Waals surface area contributed by atoms with E-state index in [1.807, 2.05) is 20.8 Å². The molecule has 116 valence electrons. The van der Waals surface area contributed by atoms with Gasteiger partial charge in [0.2, 0.25) is 0 Å². The second-order valence-corrected chi connectivity index (χ2v) is 4.46. The Balaban J connectivity index is 2.93. The second-order valence-electron chi connectivity index (χ2n) is 4.46. The normalized spacial score (nSPS) is 13.8. The lowest BCUT2D eigenvalue weighted by Gasteiger charge is -2.12. The lowest BCUT2D eigenvalue weighted by molar-refractivity contribution is -0.325. The fraction of sp³-hybridized carbons (Fsp3) is 0.769. The predicted octanol–water partition coefficient (Wildman–Crippen LogP) is 2.99. The fourth-order valence-electron chi connectivity index (χ4n) is 2.22. The molecule has 0 aromatic carbocycles. The van der Waals surface area contributed by atoms with Crippen LogP contribution in [0.1, 0.15) is 50.2 Å². The van der Waals surface area contributed by atoms with E-state index in [9.17, 15) is 18.3 Å². The Morgan fingerprint density at radius 3 is 2.35 bits per heavy atom. The van der Waals surface area contributed by atoms with Gasteiger partial charge in [0.1, 0.15) is 0 Å². The minimum absolute atomic E-state index is 0.0200. The van der Waals surface area contributed by atoms with Crippen molar-refractivity contribution in [3.8, 4) is 0 Å². The van der Waals surface area contributed by atoms with Crippen molar-refractivity contribution in [2.45, 2.75) is 59.0 Å². The van der Waals surface area contributed by atoms with E-state index in [2.05, 4.69) is 9.84 Å². The first kappa shape index (κ1) is 17.0. The molecule has 0 aliphatic rings. The maximum Gasteiger partial charge on any atom is 0.522 e. The van der Waals surface area contributed by atoms with Crippen LogP contribution in [0.25, 0.3) is 0 Å². The summed E-state index contributed by atoms with van der Waals surface area (Å²) in [5.74, 6) is 0. The van der Waals surface area contributed by atoms with Crippen molar-refractivity contribution < 1.29 is 23.0 Å². The molecular weight excluding hydrogens is 273 g/mol. The molecule has 1 unspecified atom stereocenters. The molecule has 1 heterocycles. The molecule has 0 fully saturated rings. The molecule has 1 atom stereocenters. The van der Waals surface area contributed by atoms with Gasteiger partial charge in [-0.1, -0.05) is 20.8 Å². The first-order valence-electron chi connectivity index (χ1n) is 6.81. The van der Waals surface area contributed by atoms with Crippen LogP contribution in [-0.4, -0.2) is 27.9 Å². The minimum Gasteiger partial charge on any atom is -0.388 e. The summed E-state index contributed by atoms with van der Waals surface area (Å²) in [6.07, 6.45) is -3.47. The topological polar surface area (TPSA) is 47.3 Å². The van der Waals surface area contributed by atoms with E-state index in [1.54, 1.807) is 0 Å². The van der Waals surface area contributed by atoms with Gasteiger partial charge in [-0.15, -0.1) is 13.2 Å². The molecule has 20 heavy (non-hydrogen) atoms. The van der Waals surface area contributed by atoms with Gasteiger partial charge in [0.15, 0.2) is 0 Å². The lowest BCUT2D eigenvalue weighted by Crippen LogP contribution is -2.19. The Morgan fingerprint density at radius 2 is 1.90 bits per heavy atom. The monoisotopic (exact) mass is 294 g/mol. The Labute approximate surface area is 116 Å². The number of halogens is 3. The van der Waals surface area contributed by atoms with E-state index in [0.29, 0.717) is 19.3 Å². The van der Waals surface area contributed by atoms with Crippen molar-refractivity contribution in [1.29, 1.82) is 0 Å². The van der Waals surface area contributed by atoms with Crippen LogP contribution < -0.4 is 0 Å². The van der Waals surface area contributed by atoms with E-state index in [-0.39, 0.29) is 6.54 Å². The highest BCUT2D eigenvalue weighted by Crippen LogP contribution is 2.26. The molecular formula is C13H21F3N2O2. The van der Waals surface area contributed by atoms with E-state index in [4.69, 9.17) is 0 Å². The summed E-state index contributed by atoms with van der Waals surface area (Å²) < 4.78 is 41.2. The van der Waals surface area contributed by atoms with Crippen molar-refractivity contribution in [2.24, 2.45) is 0 Å². The third kappa shape index (κ3) is 4.21. The zero-order valence-electron chi connectivity index (χ0n) is 12.0. The van der Waals surface area contributed by atoms with Crippen LogP contribution in [0.4, 0.5) is 13.2 Å². The highest BCUT2D eigenvalue weighted by Gasteiger charge is 2.29. The summed E-state index contributed by atoms with van der Waals surface area (Å²) in [4.78, 5) is 0. The lowest BCUT2D eigenvalue weighted by atomic mass is 10.0. The van der Waals surface area contributed by atoms with Crippen molar-refractivity contribution in [1.82, 2.24) is 9.78 Å². The number of rotatable bonds is 7. The van der Waals surface area contributed by atoms with Gasteiger partial charge in [-0.05, 0) is 19.3 Å². The molecule has 1 rings (SSSR count). The standard InChI is InChI=1S/C13H21F3N2O2/c1-4-9-12(11(19)6-3)10(5-2)18(17-9)7-8-20-13(14,15)16/h11,19H,4-8H2,1-3H3. The number of aliphatic hydroxyl groups excluding tert-OH is 1. The number of aliphatic hydroxyl groups is 1. The summed E-state index contributed by atoms with van der Waals surface area (Å²) in [7, 11) is 0. The molecule has 0 aliphatic heterocycles. The maximum absolute atomic E-state index is 12.0. The first-order valence-corrected chi connectivity index (χ1v) is 6.81. The van der Waals surface area contributed by atoms with E-state index < -0.39 is 19.1 Å². The second kappa shape index (κ2) is 7.08. The molecule has 1 N–H and O–H groups in total. The number of hydrogen-bond donors (Lipinski definition) is 1. The van der Waals surface area contributed by atoms with E-state index in [0.717, 1.165) is 17.0 Å². The summed E-state index contributed by atoms with van der Waals surface area (Å²) >= 11 is 0. The van der Waals surface area contributed by atoms with Crippen molar-refractivity contribution in [3.63, 3.8) is 0 Å². The molecule has 0 radical (unpaired) electrons. The third-order valence-electron chi connectivity index (χ3n) is 3.13. The molecule has 0 saturated carbocycles. The molecule has 4 nitrogen and oxygen atoms in total. The first-order chi connectivity index (χ1) is 9.34. The smallest absolute Gasteiger partial charge is 0.388 e. The van der Waals surface area contributed by atoms with Gasteiger partial charge >= 0.3 is 6.36 Å². The van der Waals surface area contributed by atoms with E-state index >= 15 is 0 Å². The minimum atomic E-state index is -4.63. The third-order valence-corrected chi connectivity index (χ3v) is 3.13. The largest absolute Gasteiger partial charge is 0.522 e. The van der Waals surface area contributed by atoms with Crippen LogP contribution in [0, 0.1) is 0 Å². The summed E-state index contributed by atoms with van der Waals surface area (Å²) in [5.41, 5.74) is 2.27. The van der Waals surface area contributed by atoms with Crippen molar-refractivity contribution >= 4 is 0 Å². The zero-order valence-corrected chi connectivity index (χ0v) is 12.0. The number of ether oxygens (including phenoxy) is 1. The van der Waals surface area contributed by atoms with Crippen molar-refractivity contribution in [3.05, 3.63) is 17.0 Å². The van der Waals surface area contributed by atoms with Gasteiger partial charge < -0.3 is 5.11 Å². The van der Waals surface area contributed by atoms with Crippen LogP contribution in [-0.2, 0) is 24.1 Å². The molecule has 0 aliphatic carbocycles. The zero-order chi connectivity index (χ0) is 15.3. The predicted molar refractivity (Wildman–Crippen MR) is 68.2 cm³/mol. The van der Waals surface area contributed by atoms with Crippen LogP contribution in [0.15, 0.2) is 0 Å². The molecule has 1 aromatic rings. The molecule has 0 amide bonds. The molecule has 0 bridgehead atoms. The summed E-state index contributed by atoms with van der Waals surface area (Å²) in [5, 5.41) is 14.4. The highest BCUT2D eigenvalue weighted by molar-refractivity contribution is 5.29. The Bertz CT molecular complexity index is 430. The number of aromatic nitrogens is 2. The van der Waals surface area contributed by atoms with Crippen molar-refractivity contribution in [2.75, 3.05) is 6.61 Å². The number of alkyl halides is 3. The molecule has 1 aromatic heterocycles. The highest BCUT2D eigenvalue weighted by atomic mass is 19.4. The Kier molecular flexibility index (Phi) is 6.01. The number of aryl methyl sites for hydroxylation is 1. The quantitative estimate of drug-likeness (QED) is 0.841. The number of nitrogens with zero attached hydrogens (tertiary/aromatic N) is 2. The Morgan fingerprint density at radius 1 is 1.25 bits per heavy atom. The van der Waals surface area contributed by atoms with Gasteiger partial charge in [-0.2, -0.15) is 5.10 Å². The maximum atomic E-state index is 12.0. The van der Waals surface area contributed by atoms with Crippen LogP contribution in [0.5, 0.6) is 0 Å². The molecule has 0 saturated heterocycles. The van der Waals surface area contributed by atoms with Gasteiger partial charge in [0, 0.05) is 11.3 Å². The summed E-state index contributed by atoms with van der Waals surface area (Å²) in [6.45, 7) is 5.19. The SMILES string of the molecule is CCc1nn(CCOC(F)(F)F)c(CC)c1C(O)CC. The Hall–Kier alpha value is -1.08. The average molecular weight is 294 g/mol. The number of hydrogen-bond acceptors (Lipinski definition) is 3.